The Balaban J connectivity index is 2.13. The first-order chi connectivity index (χ1) is 8.79. The smallest absolute Gasteiger partial charge is 0.223 e. The number of fused-ring (bicyclic) bond motifs is 1. The van der Waals surface area contributed by atoms with Crippen LogP contribution >= 0.6 is 0 Å². The normalized spacial score (nSPS) is 19.8. The highest BCUT2D eigenvalue weighted by molar-refractivity contribution is 5.77. The van der Waals surface area contributed by atoms with Crippen molar-refractivity contribution < 1.29 is 4.74 Å². The fraction of sp³-hybridized carbons (Fsp3) is 0.455. The third kappa shape index (κ3) is 1.67. The number of hydrogen-bond acceptors (Lipinski definition) is 6. The Morgan fingerprint density at radius 2 is 2.33 bits per heavy atom. The van der Waals surface area contributed by atoms with Gasteiger partial charge in [-0.15, -0.1) is 0 Å². The van der Waals surface area contributed by atoms with Crippen LogP contribution in [0.2, 0.25) is 0 Å². The van der Waals surface area contributed by atoms with E-state index in [2.05, 4.69) is 15.0 Å². The van der Waals surface area contributed by atoms with Crippen molar-refractivity contribution in [1.29, 1.82) is 5.26 Å². The summed E-state index contributed by atoms with van der Waals surface area (Å²) in [6, 6.07) is 1.98. The SMILES string of the molecule is N#Cc1nc(N)nc2c1ncn2C1CCCCO1. The zero-order valence-corrected chi connectivity index (χ0v) is 9.70. The molecule has 92 valence electrons. The van der Waals surface area contributed by atoms with Gasteiger partial charge in [0.25, 0.3) is 0 Å². The van der Waals surface area contributed by atoms with E-state index in [4.69, 9.17) is 15.7 Å². The minimum absolute atomic E-state index is 0.0791. The number of nitrogens with zero attached hydrogens (tertiary/aromatic N) is 5. The summed E-state index contributed by atoms with van der Waals surface area (Å²) in [4.78, 5) is 12.2. The van der Waals surface area contributed by atoms with Crippen LogP contribution in [-0.4, -0.2) is 26.1 Å². The van der Waals surface area contributed by atoms with Gasteiger partial charge in [-0.05, 0) is 19.3 Å². The van der Waals surface area contributed by atoms with Gasteiger partial charge in [0.2, 0.25) is 5.95 Å². The molecule has 3 rings (SSSR count). The van der Waals surface area contributed by atoms with Gasteiger partial charge in [-0.25, -0.2) is 4.98 Å². The Kier molecular flexibility index (Phi) is 2.57. The predicted molar refractivity (Wildman–Crippen MR) is 63.3 cm³/mol. The van der Waals surface area contributed by atoms with E-state index in [0.717, 1.165) is 25.9 Å². The van der Waals surface area contributed by atoms with E-state index in [1.807, 2.05) is 10.6 Å². The number of nitrogens with two attached hydrogens (primary N) is 1. The first-order valence-corrected chi connectivity index (χ1v) is 5.81. The molecule has 0 radical (unpaired) electrons. The summed E-state index contributed by atoms with van der Waals surface area (Å²) in [5.41, 5.74) is 6.84. The van der Waals surface area contributed by atoms with Gasteiger partial charge in [0.15, 0.2) is 11.3 Å². The van der Waals surface area contributed by atoms with Gasteiger partial charge >= 0.3 is 0 Å². The lowest BCUT2D eigenvalue weighted by Gasteiger charge is -2.23. The highest BCUT2D eigenvalue weighted by Gasteiger charge is 2.20. The van der Waals surface area contributed by atoms with Crippen molar-refractivity contribution in [3.8, 4) is 6.07 Å². The molecule has 1 saturated heterocycles. The van der Waals surface area contributed by atoms with Gasteiger partial charge in [-0.3, -0.25) is 4.57 Å². The maximum atomic E-state index is 9.00. The molecule has 1 aliphatic heterocycles. The number of rotatable bonds is 1. The molecule has 0 bridgehead atoms. The number of aromatic nitrogens is 4. The molecule has 7 heteroatoms. The molecule has 0 aliphatic carbocycles. The molecule has 2 aromatic heterocycles. The fourth-order valence-corrected chi connectivity index (χ4v) is 2.17. The van der Waals surface area contributed by atoms with Crippen molar-refractivity contribution in [2.45, 2.75) is 25.5 Å². The maximum Gasteiger partial charge on any atom is 0.223 e. The summed E-state index contributed by atoms with van der Waals surface area (Å²) in [7, 11) is 0. The minimum atomic E-state index is -0.0791. The van der Waals surface area contributed by atoms with Gasteiger partial charge in [0.1, 0.15) is 17.8 Å². The molecule has 1 atom stereocenters. The zero-order chi connectivity index (χ0) is 12.5. The van der Waals surface area contributed by atoms with Gasteiger partial charge < -0.3 is 10.5 Å². The molecular formula is C11H12N6O. The summed E-state index contributed by atoms with van der Waals surface area (Å²) >= 11 is 0. The quantitative estimate of drug-likeness (QED) is 0.802. The van der Waals surface area contributed by atoms with Crippen molar-refractivity contribution in [3.05, 3.63) is 12.0 Å². The number of anilines is 1. The Morgan fingerprint density at radius 3 is 3.06 bits per heavy atom. The lowest BCUT2D eigenvalue weighted by molar-refractivity contribution is -0.0298. The highest BCUT2D eigenvalue weighted by atomic mass is 16.5. The average Bonchev–Trinajstić information content (AvgIpc) is 2.82. The van der Waals surface area contributed by atoms with Crippen LogP contribution in [0, 0.1) is 11.3 Å². The van der Waals surface area contributed by atoms with E-state index in [1.54, 1.807) is 6.33 Å². The number of ether oxygens (including phenoxy) is 1. The van der Waals surface area contributed by atoms with Gasteiger partial charge in [0.05, 0.1) is 6.33 Å². The molecule has 18 heavy (non-hydrogen) atoms. The minimum Gasteiger partial charge on any atom is -0.368 e. The Bertz CT molecular complexity index is 622. The maximum absolute atomic E-state index is 9.00. The molecule has 0 saturated carbocycles. The Labute approximate surface area is 103 Å². The van der Waals surface area contributed by atoms with Crippen LogP contribution < -0.4 is 5.73 Å². The van der Waals surface area contributed by atoms with Crippen LogP contribution in [0.15, 0.2) is 6.33 Å². The van der Waals surface area contributed by atoms with Crippen LogP contribution in [-0.2, 0) is 4.74 Å². The van der Waals surface area contributed by atoms with Crippen molar-refractivity contribution in [2.75, 3.05) is 12.3 Å². The zero-order valence-electron chi connectivity index (χ0n) is 9.70. The van der Waals surface area contributed by atoms with Crippen molar-refractivity contribution >= 4 is 17.1 Å². The number of imidazole rings is 1. The summed E-state index contributed by atoms with van der Waals surface area (Å²) in [5, 5.41) is 9.00. The van der Waals surface area contributed by atoms with Gasteiger partial charge in [-0.1, -0.05) is 0 Å². The van der Waals surface area contributed by atoms with Crippen LogP contribution in [0.5, 0.6) is 0 Å². The second kappa shape index (κ2) is 4.23. The van der Waals surface area contributed by atoms with Crippen LogP contribution in [0.3, 0.4) is 0 Å². The van der Waals surface area contributed by atoms with Gasteiger partial charge in [-0.2, -0.15) is 15.2 Å². The van der Waals surface area contributed by atoms with Crippen molar-refractivity contribution in [2.24, 2.45) is 0 Å². The third-order valence-corrected chi connectivity index (χ3v) is 3.01. The molecule has 1 aliphatic rings. The first-order valence-electron chi connectivity index (χ1n) is 5.81. The molecule has 2 aromatic rings. The topological polar surface area (TPSA) is 103 Å². The molecular weight excluding hydrogens is 232 g/mol. The summed E-state index contributed by atoms with van der Waals surface area (Å²) < 4.78 is 7.51. The van der Waals surface area contributed by atoms with E-state index in [0.29, 0.717) is 11.2 Å². The molecule has 0 aromatic carbocycles. The van der Waals surface area contributed by atoms with E-state index in [9.17, 15) is 0 Å². The summed E-state index contributed by atoms with van der Waals surface area (Å²) in [6.45, 7) is 0.732. The number of nitrogen functional groups attached to an aromatic ring is 1. The second-order valence-electron chi connectivity index (χ2n) is 4.19. The lowest BCUT2D eigenvalue weighted by Crippen LogP contribution is -2.18. The predicted octanol–water partition coefficient (Wildman–Crippen LogP) is 0.979. The summed E-state index contributed by atoms with van der Waals surface area (Å²) in [6.07, 6.45) is 4.65. The molecule has 0 spiro atoms. The van der Waals surface area contributed by atoms with Crippen LogP contribution in [0.25, 0.3) is 11.2 Å². The Morgan fingerprint density at radius 1 is 1.44 bits per heavy atom. The van der Waals surface area contributed by atoms with Crippen molar-refractivity contribution in [3.63, 3.8) is 0 Å². The largest absolute Gasteiger partial charge is 0.368 e. The Hall–Kier alpha value is -2.20. The second-order valence-corrected chi connectivity index (χ2v) is 4.19. The number of nitriles is 1. The van der Waals surface area contributed by atoms with Crippen LogP contribution in [0.4, 0.5) is 5.95 Å². The van der Waals surface area contributed by atoms with Crippen LogP contribution in [0.1, 0.15) is 31.2 Å². The van der Waals surface area contributed by atoms with E-state index in [1.165, 1.54) is 0 Å². The van der Waals surface area contributed by atoms with E-state index < -0.39 is 0 Å². The summed E-state index contributed by atoms with van der Waals surface area (Å²) in [5.74, 6) is 0.0802. The van der Waals surface area contributed by atoms with E-state index in [-0.39, 0.29) is 17.9 Å². The average molecular weight is 244 g/mol. The molecule has 1 unspecified atom stereocenters. The molecule has 1 fully saturated rings. The standard InChI is InChI=1S/C11H12N6O/c12-5-7-9-10(16-11(13)15-7)17(6-14-9)8-3-1-2-4-18-8/h6,8H,1-4H2,(H2,13,15,16). The number of hydrogen-bond donors (Lipinski definition) is 1. The van der Waals surface area contributed by atoms with Gasteiger partial charge in [0, 0.05) is 6.61 Å². The fourth-order valence-electron chi connectivity index (χ4n) is 2.17. The van der Waals surface area contributed by atoms with E-state index >= 15 is 0 Å². The molecule has 0 amide bonds. The molecule has 2 N–H and O–H groups in total. The first kappa shape index (κ1) is 10.9. The van der Waals surface area contributed by atoms with Crippen molar-refractivity contribution in [1.82, 2.24) is 19.5 Å². The highest BCUT2D eigenvalue weighted by Crippen LogP contribution is 2.26. The lowest BCUT2D eigenvalue weighted by atomic mass is 10.2. The third-order valence-electron chi connectivity index (χ3n) is 3.01. The molecule has 7 nitrogen and oxygen atoms in total. The monoisotopic (exact) mass is 244 g/mol. The molecule has 3 heterocycles.